The number of anilines is 1. The number of hydrogen-bond acceptors (Lipinski definition) is 8. The summed E-state index contributed by atoms with van der Waals surface area (Å²) in [4.78, 5) is 36.3. The van der Waals surface area contributed by atoms with E-state index in [4.69, 9.17) is 9.52 Å². The van der Waals surface area contributed by atoms with E-state index in [1.807, 2.05) is 24.3 Å². The lowest BCUT2D eigenvalue weighted by Gasteiger charge is -2.33. The van der Waals surface area contributed by atoms with Crippen LogP contribution >= 0.6 is 0 Å². The maximum atomic E-state index is 13.6. The van der Waals surface area contributed by atoms with Crippen LogP contribution in [0.3, 0.4) is 0 Å². The Kier molecular flexibility index (Phi) is 6.77. The standard InChI is InChI=1S/C30H38N8O3/c1-29(2,3)25-17-23(38(35-25)19-5-6-19)28(40)33-22(27(39)34-30(18-31)9-10-30)16-26-32-21-8-7-20(15-24(21)41-26)37-13-11-36(4)12-14-37/h7-8,15,17,19,22H,5-6,9-14,16H2,1-4H3,(H,33,40)(H,34,39)/t22-/m0/s1. The largest absolute Gasteiger partial charge is 0.441 e. The molecule has 2 aliphatic carbocycles. The van der Waals surface area contributed by atoms with Crippen LogP contribution in [-0.4, -0.2) is 76.3 Å². The van der Waals surface area contributed by atoms with Gasteiger partial charge in [-0.2, -0.15) is 10.4 Å². The highest BCUT2D eigenvalue weighted by molar-refractivity contribution is 5.97. The number of amides is 2. The molecule has 1 aromatic carbocycles. The van der Waals surface area contributed by atoms with Crippen molar-refractivity contribution in [2.24, 2.45) is 0 Å². The highest BCUT2D eigenvalue weighted by Crippen LogP contribution is 2.37. The maximum Gasteiger partial charge on any atom is 0.270 e. The van der Waals surface area contributed by atoms with Gasteiger partial charge in [0.2, 0.25) is 5.91 Å². The molecule has 6 rings (SSSR count). The van der Waals surface area contributed by atoms with Crippen molar-refractivity contribution >= 4 is 28.6 Å². The van der Waals surface area contributed by atoms with Crippen molar-refractivity contribution in [3.05, 3.63) is 41.5 Å². The first kappa shape index (κ1) is 27.3. The highest BCUT2D eigenvalue weighted by atomic mass is 16.3. The number of aromatic nitrogens is 3. The van der Waals surface area contributed by atoms with Gasteiger partial charge in [0.1, 0.15) is 22.8 Å². The van der Waals surface area contributed by atoms with Crippen molar-refractivity contribution in [1.82, 2.24) is 30.3 Å². The van der Waals surface area contributed by atoms with Crippen molar-refractivity contribution in [3.63, 3.8) is 0 Å². The third kappa shape index (κ3) is 5.79. The number of piperazine rings is 1. The van der Waals surface area contributed by atoms with Gasteiger partial charge in [0.05, 0.1) is 24.2 Å². The monoisotopic (exact) mass is 558 g/mol. The van der Waals surface area contributed by atoms with Gasteiger partial charge in [-0.1, -0.05) is 20.8 Å². The Morgan fingerprint density at radius 3 is 2.54 bits per heavy atom. The summed E-state index contributed by atoms with van der Waals surface area (Å²) >= 11 is 0. The molecule has 11 heteroatoms. The topological polar surface area (TPSA) is 132 Å². The van der Waals surface area contributed by atoms with E-state index in [9.17, 15) is 14.9 Å². The minimum Gasteiger partial charge on any atom is -0.441 e. The predicted molar refractivity (Wildman–Crippen MR) is 154 cm³/mol. The van der Waals surface area contributed by atoms with Gasteiger partial charge in [-0.25, -0.2) is 4.98 Å². The van der Waals surface area contributed by atoms with Gasteiger partial charge in [0.25, 0.3) is 5.91 Å². The van der Waals surface area contributed by atoms with Crippen LogP contribution in [0.1, 0.15) is 74.6 Å². The van der Waals surface area contributed by atoms with Crippen molar-refractivity contribution in [2.75, 3.05) is 38.1 Å². The molecule has 2 N–H and O–H groups in total. The van der Waals surface area contributed by atoms with Crippen LogP contribution in [0, 0.1) is 11.3 Å². The molecule has 3 heterocycles. The average molecular weight is 559 g/mol. The molecule has 0 unspecified atom stereocenters. The van der Waals surface area contributed by atoms with Gasteiger partial charge in [0, 0.05) is 43.3 Å². The number of carbonyl (C=O) groups is 2. The van der Waals surface area contributed by atoms with Gasteiger partial charge in [-0.3, -0.25) is 14.3 Å². The SMILES string of the molecule is CN1CCN(c2ccc3nc(C[C@H](NC(=O)c4cc(C(C)(C)C)nn4C4CC4)C(=O)NC4(C#N)CC4)oc3c2)CC1. The van der Waals surface area contributed by atoms with Crippen molar-refractivity contribution in [3.8, 4) is 6.07 Å². The van der Waals surface area contributed by atoms with E-state index in [1.165, 1.54) is 0 Å². The molecule has 216 valence electrons. The number of benzene rings is 1. The number of rotatable bonds is 8. The molecule has 0 radical (unpaired) electrons. The lowest BCUT2D eigenvalue weighted by atomic mass is 9.92. The van der Waals surface area contributed by atoms with E-state index >= 15 is 0 Å². The summed E-state index contributed by atoms with van der Waals surface area (Å²) in [7, 11) is 2.12. The Bertz CT molecular complexity index is 1510. The second kappa shape index (κ2) is 10.2. The molecule has 3 aromatic rings. The Balaban J connectivity index is 1.25. The zero-order valence-electron chi connectivity index (χ0n) is 24.2. The number of likely N-dealkylation sites (N-methyl/N-ethyl adjacent to an activating group) is 1. The molecule has 3 aliphatic rings. The molecule has 3 fully saturated rings. The van der Waals surface area contributed by atoms with Gasteiger partial charge in [-0.05, 0) is 50.9 Å². The van der Waals surface area contributed by atoms with Crippen LogP contribution in [0.2, 0.25) is 0 Å². The Morgan fingerprint density at radius 2 is 1.90 bits per heavy atom. The lowest BCUT2D eigenvalue weighted by Crippen LogP contribution is -2.51. The molecule has 41 heavy (non-hydrogen) atoms. The second-order valence-corrected chi connectivity index (χ2v) is 12.8. The fourth-order valence-corrected chi connectivity index (χ4v) is 5.17. The Morgan fingerprint density at radius 1 is 1.17 bits per heavy atom. The zero-order valence-corrected chi connectivity index (χ0v) is 24.2. The van der Waals surface area contributed by atoms with Crippen molar-refractivity contribution in [1.29, 1.82) is 5.26 Å². The number of fused-ring (bicyclic) bond motifs is 1. The number of nitrogens with one attached hydrogen (secondary N) is 2. The summed E-state index contributed by atoms with van der Waals surface area (Å²) in [5.41, 5.74) is 2.58. The summed E-state index contributed by atoms with van der Waals surface area (Å²) < 4.78 is 7.91. The number of carbonyl (C=O) groups excluding carboxylic acids is 2. The second-order valence-electron chi connectivity index (χ2n) is 12.8. The molecule has 1 atom stereocenters. The smallest absolute Gasteiger partial charge is 0.270 e. The van der Waals surface area contributed by atoms with E-state index in [-0.39, 0.29) is 23.8 Å². The normalized spacial score (nSPS) is 19.5. The molecule has 0 spiro atoms. The van der Waals surface area contributed by atoms with Crippen molar-refractivity contribution in [2.45, 2.75) is 75.9 Å². The maximum absolute atomic E-state index is 13.6. The average Bonchev–Trinajstić information content (AvgIpc) is 3.84. The summed E-state index contributed by atoms with van der Waals surface area (Å²) in [6.07, 6.45) is 3.19. The fraction of sp³-hybridized carbons (Fsp3) is 0.567. The molecule has 11 nitrogen and oxygen atoms in total. The summed E-state index contributed by atoms with van der Waals surface area (Å²) in [6, 6.07) is 9.20. The van der Waals surface area contributed by atoms with Crippen LogP contribution in [-0.2, 0) is 16.6 Å². The zero-order chi connectivity index (χ0) is 28.9. The van der Waals surface area contributed by atoms with Crippen LogP contribution < -0.4 is 15.5 Å². The number of nitrogens with zero attached hydrogens (tertiary/aromatic N) is 6. The third-order valence-corrected chi connectivity index (χ3v) is 8.24. The predicted octanol–water partition coefficient (Wildman–Crippen LogP) is 2.92. The summed E-state index contributed by atoms with van der Waals surface area (Å²) in [5, 5.41) is 20.1. The lowest BCUT2D eigenvalue weighted by molar-refractivity contribution is -0.123. The minimum atomic E-state index is -0.973. The first-order valence-corrected chi connectivity index (χ1v) is 14.5. The summed E-state index contributed by atoms with van der Waals surface area (Å²) in [6.45, 7) is 10.0. The van der Waals surface area contributed by atoms with Crippen LogP contribution in [0.25, 0.3) is 11.1 Å². The Labute approximate surface area is 239 Å². The molecule has 1 saturated heterocycles. The third-order valence-electron chi connectivity index (χ3n) is 8.24. The van der Waals surface area contributed by atoms with Gasteiger partial charge in [0.15, 0.2) is 11.5 Å². The molecule has 2 saturated carbocycles. The van der Waals surface area contributed by atoms with Crippen LogP contribution in [0.4, 0.5) is 5.69 Å². The fourth-order valence-electron chi connectivity index (χ4n) is 5.17. The number of oxazole rings is 1. The summed E-state index contributed by atoms with van der Waals surface area (Å²) in [5.74, 6) is -0.453. The number of hydrogen-bond donors (Lipinski definition) is 2. The quantitative estimate of drug-likeness (QED) is 0.431. The first-order chi connectivity index (χ1) is 19.5. The molecule has 2 aromatic heterocycles. The van der Waals surface area contributed by atoms with Crippen LogP contribution in [0.15, 0.2) is 28.7 Å². The van der Waals surface area contributed by atoms with Crippen LogP contribution in [0.5, 0.6) is 0 Å². The van der Waals surface area contributed by atoms with E-state index in [0.29, 0.717) is 35.5 Å². The van der Waals surface area contributed by atoms with E-state index in [1.54, 1.807) is 4.68 Å². The molecule has 0 bridgehead atoms. The van der Waals surface area contributed by atoms with Crippen molar-refractivity contribution < 1.29 is 14.0 Å². The molecule has 1 aliphatic heterocycles. The minimum absolute atomic E-state index is 0.0568. The van der Waals surface area contributed by atoms with Gasteiger partial charge < -0.3 is 24.9 Å². The molecular weight excluding hydrogens is 520 g/mol. The number of nitriles is 1. The first-order valence-electron chi connectivity index (χ1n) is 14.5. The van der Waals surface area contributed by atoms with Gasteiger partial charge in [-0.15, -0.1) is 0 Å². The highest BCUT2D eigenvalue weighted by Gasteiger charge is 2.46. The Hall–Kier alpha value is -3.91. The molecule has 2 amide bonds. The molecular formula is C30H38N8O3. The van der Waals surface area contributed by atoms with Gasteiger partial charge >= 0.3 is 0 Å². The van der Waals surface area contributed by atoms with E-state index < -0.39 is 17.5 Å². The van der Waals surface area contributed by atoms with E-state index in [2.05, 4.69) is 59.3 Å². The van der Waals surface area contributed by atoms with E-state index in [0.717, 1.165) is 50.4 Å².